The van der Waals surface area contributed by atoms with E-state index >= 15 is 0 Å². The van der Waals surface area contributed by atoms with Crippen molar-refractivity contribution in [2.75, 3.05) is 18.6 Å². The Morgan fingerprint density at radius 1 is 1.61 bits per heavy atom. The lowest BCUT2D eigenvalue weighted by molar-refractivity contribution is 0.0934. The van der Waals surface area contributed by atoms with Gasteiger partial charge in [0, 0.05) is 36.4 Å². The molecular formula is C13H20N2O2S. The third-order valence-electron chi connectivity index (χ3n) is 2.71. The van der Waals surface area contributed by atoms with Crippen LogP contribution >= 0.6 is 11.8 Å². The van der Waals surface area contributed by atoms with Crippen LogP contribution in [0.1, 0.15) is 29.3 Å². The second-order valence-electron chi connectivity index (χ2n) is 4.02. The summed E-state index contributed by atoms with van der Waals surface area (Å²) in [5, 5.41) is 11.9. The molecular weight excluding hydrogens is 248 g/mol. The fraction of sp³-hybridized carbons (Fsp3) is 0.538. The number of aliphatic hydroxyl groups is 1. The largest absolute Gasteiger partial charge is 0.396 e. The van der Waals surface area contributed by atoms with Gasteiger partial charge in [0.1, 0.15) is 0 Å². The van der Waals surface area contributed by atoms with Crippen molar-refractivity contribution in [3.05, 3.63) is 29.6 Å². The molecule has 1 unspecified atom stereocenters. The zero-order valence-electron chi connectivity index (χ0n) is 10.8. The third-order valence-corrected chi connectivity index (χ3v) is 3.45. The summed E-state index contributed by atoms with van der Waals surface area (Å²) in [7, 11) is 0. The molecule has 0 aromatic carbocycles. The van der Waals surface area contributed by atoms with Gasteiger partial charge in [0.05, 0.1) is 0 Å². The van der Waals surface area contributed by atoms with E-state index in [0.29, 0.717) is 12.0 Å². The number of hydrogen-bond acceptors (Lipinski definition) is 4. The van der Waals surface area contributed by atoms with E-state index in [1.807, 2.05) is 13.2 Å². The Bertz CT molecular complexity index is 379. The van der Waals surface area contributed by atoms with Crippen LogP contribution in [0.15, 0.2) is 18.5 Å². The highest BCUT2D eigenvalue weighted by atomic mass is 32.2. The number of nitrogens with zero attached hydrogens (tertiary/aromatic N) is 1. The standard InChI is InChI=1S/C13H20N2O2S/c1-3-10-8-14-6-4-12(10)13(17)15-11(5-7-16)9-18-2/h4,6,8,11,16H,3,5,7,9H2,1-2H3,(H,15,17). The van der Waals surface area contributed by atoms with Gasteiger partial charge < -0.3 is 10.4 Å². The van der Waals surface area contributed by atoms with E-state index in [1.54, 1.807) is 30.2 Å². The smallest absolute Gasteiger partial charge is 0.251 e. The fourth-order valence-electron chi connectivity index (χ4n) is 1.75. The van der Waals surface area contributed by atoms with Gasteiger partial charge >= 0.3 is 0 Å². The Labute approximate surface area is 112 Å². The maximum absolute atomic E-state index is 12.2. The molecule has 1 heterocycles. The monoisotopic (exact) mass is 268 g/mol. The van der Waals surface area contributed by atoms with Crippen LogP contribution in [0.4, 0.5) is 0 Å². The minimum atomic E-state index is -0.0817. The first-order valence-corrected chi connectivity index (χ1v) is 7.45. The summed E-state index contributed by atoms with van der Waals surface area (Å²) in [4.78, 5) is 16.2. The number of carbonyl (C=O) groups excluding carboxylic acids is 1. The fourth-order valence-corrected chi connectivity index (χ4v) is 2.40. The van der Waals surface area contributed by atoms with Gasteiger partial charge in [0.2, 0.25) is 0 Å². The molecule has 0 bridgehead atoms. The normalized spacial score (nSPS) is 12.2. The number of aromatic nitrogens is 1. The van der Waals surface area contributed by atoms with Crippen LogP contribution in [0, 0.1) is 0 Å². The van der Waals surface area contributed by atoms with Gasteiger partial charge in [-0.25, -0.2) is 0 Å². The van der Waals surface area contributed by atoms with Gasteiger partial charge in [-0.2, -0.15) is 11.8 Å². The number of carbonyl (C=O) groups is 1. The Morgan fingerprint density at radius 3 is 3.00 bits per heavy atom. The van der Waals surface area contributed by atoms with E-state index in [1.165, 1.54) is 0 Å². The van der Waals surface area contributed by atoms with Crippen LogP contribution in [0.5, 0.6) is 0 Å². The Balaban J connectivity index is 2.73. The minimum absolute atomic E-state index is 0.00960. The van der Waals surface area contributed by atoms with Crippen molar-refractivity contribution in [1.29, 1.82) is 0 Å². The summed E-state index contributed by atoms with van der Waals surface area (Å²) >= 11 is 1.66. The first kappa shape index (κ1) is 15.0. The number of aryl methyl sites for hydroxylation is 1. The first-order chi connectivity index (χ1) is 8.72. The molecule has 0 saturated carbocycles. The van der Waals surface area contributed by atoms with Gasteiger partial charge in [-0.05, 0) is 30.7 Å². The molecule has 18 heavy (non-hydrogen) atoms. The van der Waals surface area contributed by atoms with Crippen molar-refractivity contribution in [2.24, 2.45) is 0 Å². The zero-order chi connectivity index (χ0) is 13.4. The number of pyridine rings is 1. The van der Waals surface area contributed by atoms with Crippen molar-refractivity contribution in [3.8, 4) is 0 Å². The van der Waals surface area contributed by atoms with E-state index in [0.717, 1.165) is 17.7 Å². The van der Waals surface area contributed by atoms with E-state index in [2.05, 4.69) is 10.3 Å². The predicted octanol–water partition coefficient (Wildman–Crippen LogP) is 1.49. The molecule has 1 rings (SSSR count). The lowest BCUT2D eigenvalue weighted by atomic mass is 10.1. The molecule has 100 valence electrons. The number of hydrogen-bond donors (Lipinski definition) is 2. The van der Waals surface area contributed by atoms with Crippen LogP contribution in [-0.2, 0) is 6.42 Å². The van der Waals surface area contributed by atoms with E-state index in [-0.39, 0.29) is 18.6 Å². The Morgan fingerprint density at radius 2 is 2.39 bits per heavy atom. The quantitative estimate of drug-likeness (QED) is 0.786. The number of amides is 1. The van der Waals surface area contributed by atoms with Crippen molar-refractivity contribution in [3.63, 3.8) is 0 Å². The number of thioether (sulfide) groups is 1. The third kappa shape index (κ3) is 4.31. The van der Waals surface area contributed by atoms with E-state index in [4.69, 9.17) is 5.11 Å². The van der Waals surface area contributed by atoms with Gasteiger partial charge in [0.25, 0.3) is 5.91 Å². The SMILES string of the molecule is CCc1cnccc1C(=O)NC(CCO)CSC. The highest BCUT2D eigenvalue weighted by Crippen LogP contribution is 2.09. The van der Waals surface area contributed by atoms with E-state index in [9.17, 15) is 4.79 Å². The summed E-state index contributed by atoms with van der Waals surface area (Å²) in [6.45, 7) is 2.09. The number of aliphatic hydroxyl groups excluding tert-OH is 1. The highest BCUT2D eigenvalue weighted by molar-refractivity contribution is 7.98. The van der Waals surface area contributed by atoms with Crippen LogP contribution in [0.3, 0.4) is 0 Å². The topological polar surface area (TPSA) is 62.2 Å². The van der Waals surface area contributed by atoms with Crippen LogP contribution in [0.25, 0.3) is 0 Å². The maximum Gasteiger partial charge on any atom is 0.251 e. The summed E-state index contributed by atoms with van der Waals surface area (Å²) in [5.41, 5.74) is 1.62. The molecule has 0 radical (unpaired) electrons. The molecule has 4 nitrogen and oxygen atoms in total. The summed E-state index contributed by atoms with van der Waals surface area (Å²) in [5.74, 6) is 0.723. The predicted molar refractivity (Wildman–Crippen MR) is 75.0 cm³/mol. The summed E-state index contributed by atoms with van der Waals surface area (Å²) in [6, 6.07) is 1.75. The average molecular weight is 268 g/mol. The molecule has 0 aliphatic rings. The number of nitrogens with one attached hydrogen (secondary N) is 1. The van der Waals surface area contributed by atoms with Gasteiger partial charge in [-0.1, -0.05) is 6.92 Å². The minimum Gasteiger partial charge on any atom is -0.396 e. The summed E-state index contributed by atoms with van der Waals surface area (Å²) in [6.07, 6.45) is 6.71. The molecule has 0 saturated heterocycles. The average Bonchev–Trinajstić information content (AvgIpc) is 2.39. The van der Waals surface area contributed by atoms with Gasteiger partial charge in [-0.3, -0.25) is 9.78 Å². The molecule has 1 amide bonds. The molecule has 1 aromatic heterocycles. The van der Waals surface area contributed by atoms with Crippen LogP contribution < -0.4 is 5.32 Å². The molecule has 1 aromatic rings. The molecule has 0 spiro atoms. The highest BCUT2D eigenvalue weighted by Gasteiger charge is 2.15. The maximum atomic E-state index is 12.2. The lowest BCUT2D eigenvalue weighted by Crippen LogP contribution is -2.37. The first-order valence-electron chi connectivity index (χ1n) is 6.06. The molecule has 1 atom stereocenters. The van der Waals surface area contributed by atoms with Crippen LogP contribution in [-0.4, -0.2) is 40.7 Å². The van der Waals surface area contributed by atoms with Gasteiger partial charge in [0.15, 0.2) is 0 Å². The molecule has 0 aliphatic carbocycles. The Hall–Kier alpha value is -1.07. The Kier molecular flexibility index (Phi) is 6.75. The van der Waals surface area contributed by atoms with Crippen molar-refractivity contribution >= 4 is 17.7 Å². The van der Waals surface area contributed by atoms with Crippen molar-refractivity contribution < 1.29 is 9.90 Å². The zero-order valence-corrected chi connectivity index (χ0v) is 11.7. The molecule has 2 N–H and O–H groups in total. The van der Waals surface area contributed by atoms with E-state index < -0.39 is 0 Å². The second-order valence-corrected chi connectivity index (χ2v) is 4.94. The molecule has 0 aliphatic heterocycles. The molecule has 5 heteroatoms. The van der Waals surface area contributed by atoms with Crippen molar-refractivity contribution in [2.45, 2.75) is 25.8 Å². The second kappa shape index (κ2) is 8.11. The number of rotatable bonds is 7. The van der Waals surface area contributed by atoms with Crippen molar-refractivity contribution in [1.82, 2.24) is 10.3 Å². The summed E-state index contributed by atoms with van der Waals surface area (Å²) < 4.78 is 0. The van der Waals surface area contributed by atoms with Gasteiger partial charge in [-0.15, -0.1) is 0 Å². The molecule has 0 fully saturated rings. The lowest BCUT2D eigenvalue weighted by Gasteiger charge is -2.17. The van der Waals surface area contributed by atoms with Crippen LogP contribution in [0.2, 0.25) is 0 Å².